The van der Waals surface area contributed by atoms with Crippen LogP contribution in [0.1, 0.15) is 28.8 Å². The minimum absolute atomic E-state index is 0.0384. The summed E-state index contributed by atoms with van der Waals surface area (Å²) in [6.45, 7) is 0.200. The lowest BCUT2D eigenvalue weighted by Crippen LogP contribution is -2.35. The van der Waals surface area contributed by atoms with Crippen LogP contribution in [0.15, 0.2) is 64.8 Å². The zero-order chi connectivity index (χ0) is 19.6. The Hall–Kier alpha value is -2.93. The number of rotatable bonds is 8. The Morgan fingerprint density at radius 3 is 2.30 bits per heavy atom. The van der Waals surface area contributed by atoms with Crippen LogP contribution in [0.4, 0.5) is 0 Å². The maximum absolute atomic E-state index is 12.5. The van der Waals surface area contributed by atoms with E-state index in [0.717, 1.165) is 10.0 Å². The molecule has 6 nitrogen and oxygen atoms in total. The smallest absolute Gasteiger partial charge is 0.303 e. The molecule has 0 aliphatic rings. The second-order valence-corrected chi connectivity index (χ2v) is 6.60. The van der Waals surface area contributed by atoms with Crippen molar-refractivity contribution >= 4 is 39.8 Å². The Morgan fingerprint density at radius 2 is 1.67 bits per heavy atom. The summed E-state index contributed by atoms with van der Waals surface area (Å²) in [5.74, 6) is -1.81. The van der Waals surface area contributed by atoms with Crippen molar-refractivity contribution in [3.05, 3.63) is 75.9 Å². The molecule has 0 radical (unpaired) electrons. The van der Waals surface area contributed by atoms with E-state index in [1.807, 2.05) is 30.3 Å². The molecule has 2 aromatic carbocycles. The normalized spacial score (nSPS) is 10.9. The molecule has 0 bridgehead atoms. The molecule has 0 saturated heterocycles. The van der Waals surface area contributed by atoms with Crippen molar-refractivity contribution in [1.29, 1.82) is 0 Å². The predicted molar refractivity (Wildman–Crippen MR) is 106 cm³/mol. The summed E-state index contributed by atoms with van der Waals surface area (Å²) in [5, 5.41) is 13.9. The number of benzene rings is 2. The Kier molecular flexibility index (Phi) is 7.76. The van der Waals surface area contributed by atoms with E-state index in [4.69, 9.17) is 5.11 Å². The number of amides is 2. The van der Waals surface area contributed by atoms with Gasteiger partial charge in [-0.05, 0) is 42.3 Å². The number of halogens is 1. The molecule has 0 fully saturated rings. The summed E-state index contributed by atoms with van der Waals surface area (Å²) in [4.78, 5) is 35.5. The fourth-order valence-electron chi connectivity index (χ4n) is 2.21. The third-order valence-electron chi connectivity index (χ3n) is 3.56. The number of hydrogen-bond acceptors (Lipinski definition) is 3. The van der Waals surface area contributed by atoms with E-state index < -0.39 is 17.8 Å². The minimum Gasteiger partial charge on any atom is -0.481 e. The molecule has 2 rings (SSSR count). The van der Waals surface area contributed by atoms with Gasteiger partial charge in [-0.25, -0.2) is 0 Å². The van der Waals surface area contributed by atoms with Gasteiger partial charge in [-0.3, -0.25) is 14.4 Å². The van der Waals surface area contributed by atoms with Crippen molar-refractivity contribution in [2.45, 2.75) is 12.8 Å². The lowest BCUT2D eigenvalue weighted by Gasteiger charge is -2.11. The molecule has 0 spiro atoms. The zero-order valence-corrected chi connectivity index (χ0v) is 16.0. The summed E-state index contributed by atoms with van der Waals surface area (Å²) in [7, 11) is 0. The van der Waals surface area contributed by atoms with Crippen LogP contribution in [-0.2, 0) is 9.59 Å². The van der Waals surface area contributed by atoms with Gasteiger partial charge in [-0.1, -0.05) is 46.3 Å². The van der Waals surface area contributed by atoms with Gasteiger partial charge in [-0.15, -0.1) is 0 Å². The van der Waals surface area contributed by atoms with E-state index in [0.29, 0.717) is 12.0 Å². The Bertz CT molecular complexity index is 833. The van der Waals surface area contributed by atoms with Crippen LogP contribution in [0.5, 0.6) is 0 Å². The monoisotopic (exact) mass is 430 g/mol. The first kappa shape index (κ1) is 20.4. The van der Waals surface area contributed by atoms with Crippen molar-refractivity contribution in [3.63, 3.8) is 0 Å². The highest BCUT2D eigenvalue weighted by molar-refractivity contribution is 9.10. The Labute approximate surface area is 165 Å². The highest BCUT2D eigenvalue weighted by Crippen LogP contribution is 2.11. The van der Waals surface area contributed by atoms with E-state index in [1.165, 1.54) is 0 Å². The third-order valence-corrected chi connectivity index (χ3v) is 4.09. The first-order valence-electron chi connectivity index (χ1n) is 8.29. The molecule has 0 unspecified atom stereocenters. The summed E-state index contributed by atoms with van der Waals surface area (Å²) < 4.78 is 0.843. The second kappa shape index (κ2) is 10.3. The third kappa shape index (κ3) is 7.07. The number of carboxylic acid groups (broad SMARTS) is 1. The van der Waals surface area contributed by atoms with Gasteiger partial charge in [-0.2, -0.15) is 0 Å². The summed E-state index contributed by atoms with van der Waals surface area (Å²) in [6.07, 6.45) is 1.84. The van der Waals surface area contributed by atoms with Crippen LogP contribution in [0.25, 0.3) is 6.08 Å². The summed E-state index contributed by atoms with van der Waals surface area (Å²) in [6, 6.07) is 15.9. The first-order valence-corrected chi connectivity index (χ1v) is 9.08. The lowest BCUT2D eigenvalue weighted by atomic mass is 10.1. The maximum atomic E-state index is 12.5. The van der Waals surface area contributed by atoms with Crippen LogP contribution < -0.4 is 10.6 Å². The van der Waals surface area contributed by atoms with E-state index in [1.54, 1.807) is 30.3 Å². The molecule has 140 valence electrons. The summed E-state index contributed by atoms with van der Waals surface area (Å²) >= 11 is 3.31. The van der Waals surface area contributed by atoms with E-state index in [2.05, 4.69) is 26.6 Å². The van der Waals surface area contributed by atoms with Crippen molar-refractivity contribution in [1.82, 2.24) is 10.6 Å². The first-order chi connectivity index (χ1) is 13.0. The van der Waals surface area contributed by atoms with Crippen molar-refractivity contribution in [3.8, 4) is 0 Å². The molecule has 0 heterocycles. The number of carbonyl (C=O) groups is 3. The van der Waals surface area contributed by atoms with Gasteiger partial charge < -0.3 is 15.7 Å². The van der Waals surface area contributed by atoms with Gasteiger partial charge in [0.1, 0.15) is 5.70 Å². The number of aliphatic carboxylic acids is 1. The average Bonchev–Trinajstić information content (AvgIpc) is 2.65. The van der Waals surface area contributed by atoms with E-state index in [-0.39, 0.29) is 18.7 Å². The molecule has 27 heavy (non-hydrogen) atoms. The molecule has 0 atom stereocenters. The van der Waals surface area contributed by atoms with Crippen LogP contribution in [0.3, 0.4) is 0 Å². The zero-order valence-electron chi connectivity index (χ0n) is 14.4. The van der Waals surface area contributed by atoms with Gasteiger partial charge in [0.15, 0.2) is 0 Å². The van der Waals surface area contributed by atoms with Crippen LogP contribution in [-0.4, -0.2) is 29.4 Å². The molecule has 2 amide bonds. The molecule has 0 saturated carbocycles. The number of hydrogen-bond donors (Lipinski definition) is 3. The highest BCUT2D eigenvalue weighted by atomic mass is 79.9. The van der Waals surface area contributed by atoms with Gasteiger partial charge in [0.2, 0.25) is 0 Å². The SMILES string of the molecule is O=C(O)CCCNC(=O)/C(=C\c1ccccc1)NC(=O)c1ccc(Br)cc1. The van der Waals surface area contributed by atoms with E-state index in [9.17, 15) is 14.4 Å². The average molecular weight is 431 g/mol. The van der Waals surface area contributed by atoms with Gasteiger partial charge in [0.25, 0.3) is 11.8 Å². The molecule has 0 aliphatic heterocycles. The molecule has 3 N–H and O–H groups in total. The lowest BCUT2D eigenvalue weighted by molar-refractivity contribution is -0.137. The van der Waals surface area contributed by atoms with E-state index >= 15 is 0 Å². The van der Waals surface area contributed by atoms with Crippen molar-refractivity contribution in [2.75, 3.05) is 6.54 Å². The molecule has 2 aromatic rings. The molecule has 0 aromatic heterocycles. The number of carboxylic acids is 1. The van der Waals surface area contributed by atoms with Crippen molar-refractivity contribution < 1.29 is 19.5 Å². The van der Waals surface area contributed by atoms with Gasteiger partial charge in [0, 0.05) is 23.0 Å². The standard InChI is InChI=1S/C20H19BrN2O4/c21-16-10-8-15(9-11-16)19(26)23-17(13-14-5-2-1-3-6-14)20(27)22-12-4-7-18(24)25/h1-3,5-6,8-11,13H,4,7,12H2,(H,22,27)(H,23,26)(H,24,25)/b17-13+. The van der Waals surface area contributed by atoms with Gasteiger partial charge >= 0.3 is 5.97 Å². The molecule has 7 heteroatoms. The molecular formula is C20H19BrN2O4. The quantitative estimate of drug-likeness (QED) is 0.442. The number of carbonyl (C=O) groups excluding carboxylic acids is 2. The van der Waals surface area contributed by atoms with Crippen molar-refractivity contribution in [2.24, 2.45) is 0 Å². The largest absolute Gasteiger partial charge is 0.481 e. The molecule has 0 aliphatic carbocycles. The maximum Gasteiger partial charge on any atom is 0.303 e. The number of nitrogens with one attached hydrogen (secondary N) is 2. The fraction of sp³-hybridized carbons (Fsp3) is 0.150. The Balaban J connectivity index is 2.13. The predicted octanol–water partition coefficient (Wildman–Crippen LogP) is 3.20. The molecular weight excluding hydrogens is 412 g/mol. The van der Waals surface area contributed by atoms with Crippen LogP contribution >= 0.6 is 15.9 Å². The highest BCUT2D eigenvalue weighted by Gasteiger charge is 2.14. The topological polar surface area (TPSA) is 95.5 Å². The van der Waals surface area contributed by atoms with Crippen LogP contribution in [0, 0.1) is 0 Å². The summed E-state index contributed by atoms with van der Waals surface area (Å²) in [5.41, 5.74) is 1.25. The fourth-order valence-corrected chi connectivity index (χ4v) is 2.47. The van der Waals surface area contributed by atoms with Crippen LogP contribution in [0.2, 0.25) is 0 Å². The minimum atomic E-state index is -0.923. The second-order valence-electron chi connectivity index (χ2n) is 5.68. The van der Waals surface area contributed by atoms with Gasteiger partial charge in [0.05, 0.1) is 0 Å². The Morgan fingerprint density at radius 1 is 1.00 bits per heavy atom.